The average Bonchev–Trinajstić information content (AvgIpc) is 2.78. The van der Waals surface area contributed by atoms with Gasteiger partial charge in [0.05, 0.1) is 17.9 Å². The molecule has 3 N–H and O–H groups in total. The van der Waals surface area contributed by atoms with Gasteiger partial charge in [-0.2, -0.15) is 0 Å². The highest BCUT2D eigenvalue weighted by Crippen LogP contribution is 2.22. The number of hydrogen-bond donors (Lipinski definition) is 3. The fourth-order valence-corrected chi connectivity index (χ4v) is 3.23. The van der Waals surface area contributed by atoms with E-state index >= 15 is 0 Å². The maximum absolute atomic E-state index is 12.6. The lowest BCUT2D eigenvalue weighted by Gasteiger charge is -2.11. The van der Waals surface area contributed by atoms with Gasteiger partial charge in [0, 0.05) is 25.3 Å². The normalized spacial score (nSPS) is 11.2. The number of carbonyl (C=O) groups is 3. The number of carbonyl (C=O) groups excluding carboxylic acids is 2. The summed E-state index contributed by atoms with van der Waals surface area (Å²) in [4.78, 5) is 36.5. The van der Waals surface area contributed by atoms with Crippen molar-refractivity contribution in [1.29, 1.82) is 0 Å². The Kier molecular flexibility index (Phi) is 7.36. The van der Waals surface area contributed by atoms with Crippen LogP contribution in [0, 0.1) is 0 Å². The molecule has 0 saturated heterocycles. The Bertz CT molecular complexity index is 1200. The van der Waals surface area contributed by atoms with Crippen molar-refractivity contribution in [1.82, 2.24) is 5.32 Å². The van der Waals surface area contributed by atoms with Crippen LogP contribution in [0.5, 0.6) is 0 Å². The topological polar surface area (TPSA) is 105 Å². The van der Waals surface area contributed by atoms with Crippen LogP contribution in [0.2, 0.25) is 0 Å². The molecule has 0 atom stereocenters. The molecule has 0 fully saturated rings. The molecule has 3 aromatic carbocycles. The van der Waals surface area contributed by atoms with Gasteiger partial charge in [-0.15, -0.1) is 0 Å². The second-order valence-corrected chi connectivity index (χ2v) is 7.19. The van der Waals surface area contributed by atoms with Crippen molar-refractivity contribution in [2.75, 3.05) is 25.6 Å². The van der Waals surface area contributed by atoms with Crippen LogP contribution in [0.1, 0.15) is 33.2 Å². The number of ether oxygens (including phenoxy) is 1. The van der Waals surface area contributed by atoms with Gasteiger partial charge in [0.2, 0.25) is 5.91 Å². The second kappa shape index (κ2) is 10.4. The molecule has 7 nitrogen and oxygen atoms in total. The molecule has 32 heavy (non-hydrogen) atoms. The Labute approximate surface area is 185 Å². The summed E-state index contributed by atoms with van der Waals surface area (Å²) in [6.07, 6.45) is 1.40. The summed E-state index contributed by atoms with van der Waals surface area (Å²) in [6, 6.07) is 17.9. The number of rotatable bonds is 8. The van der Waals surface area contributed by atoms with Crippen molar-refractivity contribution in [3.8, 4) is 0 Å². The van der Waals surface area contributed by atoms with E-state index in [-0.39, 0.29) is 16.8 Å². The molecule has 0 spiro atoms. The summed E-state index contributed by atoms with van der Waals surface area (Å²) in [5, 5.41) is 16.9. The minimum Gasteiger partial charge on any atom is -0.478 e. The van der Waals surface area contributed by atoms with Gasteiger partial charge in [-0.1, -0.05) is 36.4 Å². The SMILES string of the molecule is COCCNC(=O)c1ccc(C(=O)O)c(NC(=O)/C=C(/C)c2ccc3ccccc3c2)c1. The molecule has 0 aromatic heterocycles. The van der Waals surface area contributed by atoms with Gasteiger partial charge in [-0.3, -0.25) is 9.59 Å². The van der Waals surface area contributed by atoms with Crippen molar-refractivity contribution in [3.05, 3.63) is 83.4 Å². The second-order valence-electron chi connectivity index (χ2n) is 7.19. The van der Waals surface area contributed by atoms with E-state index in [1.807, 2.05) is 49.4 Å². The molecule has 0 saturated carbocycles. The molecule has 7 heteroatoms. The summed E-state index contributed by atoms with van der Waals surface area (Å²) in [7, 11) is 1.52. The third-order valence-corrected chi connectivity index (χ3v) is 4.91. The average molecular weight is 432 g/mol. The highest BCUT2D eigenvalue weighted by atomic mass is 16.5. The van der Waals surface area contributed by atoms with Gasteiger partial charge in [0.15, 0.2) is 0 Å². The predicted octanol–water partition coefficient (Wildman–Crippen LogP) is 3.96. The molecule has 0 aliphatic carbocycles. The monoisotopic (exact) mass is 432 g/mol. The first-order valence-electron chi connectivity index (χ1n) is 10.0. The van der Waals surface area contributed by atoms with E-state index in [0.29, 0.717) is 13.2 Å². The fourth-order valence-electron chi connectivity index (χ4n) is 3.23. The largest absolute Gasteiger partial charge is 0.478 e. The van der Waals surface area contributed by atoms with Crippen LogP contribution in [0.15, 0.2) is 66.7 Å². The van der Waals surface area contributed by atoms with E-state index in [4.69, 9.17) is 4.74 Å². The molecule has 2 amide bonds. The summed E-state index contributed by atoms with van der Waals surface area (Å²) < 4.78 is 4.90. The Morgan fingerprint density at radius 3 is 2.41 bits per heavy atom. The summed E-state index contributed by atoms with van der Waals surface area (Å²) in [5.74, 6) is -2.09. The molecule has 0 unspecified atom stereocenters. The zero-order valence-electron chi connectivity index (χ0n) is 17.8. The number of aromatic carboxylic acids is 1. The molecule has 3 rings (SSSR count). The van der Waals surface area contributed by atoms with Crippen LogP contribution >= 0.6 is 0 Å². The minimum atomic E-state index is -1.21. The Morgan fingerprint density at radius 1 is 0.969 bits per heavy atom. The van der Waals surface area contributed by atoms with Crippen molar-refractivity contribution < 1.29 is 24.2 Å². The van der Waals surface area contributed by atoms with Crippen LogP contribution < -0.4 is 10.6 Å². The number of amides is 2. The predicted molar refractivity (Wildman–Crippen MR) is 124 cm³/mol. The third-order valence-electron chi connectivity index (χ3n) is 4.91. The van der Waals surface area contributed by atoms with Gasteiger partial charge in [0.25, 0.3) is 5.91 Å². The van der Waals surface area contributed by atoms with E-state index in [1.54, 1.807) is 0 Å². The molecule has 0 radical (unpaired) electrons. The quantitative estimate of drug-likeness (QED) is 0.369. The maximum atomic E-state index is 12.6. The number of allylic oxidation sites excluding steroid dienone is 1. The number of nitrogens with one attached hydrogen (secondary N) is 2. The van der Waals surface area contributed by atoms with Crippen molar-refractivity contribution >= 4 is 39.8 Å². The fraction of sp³-hybridized carbons (Fsp3) is 0.160. The molecule has 0 heterocycles. The number of benzene rings is 3. The standard InChI is InChI=1S/C25H24N2O5/c1-16(18-8-7-17-5-3-4-6-19(17)14-18)13-23(28)27-22-15-20(9-10-21(22)25(30)31)24(29)26-11-12-32-2/h3-10,13-15H,11-12H2,1-2H3,(H,26,29)(H,27,28)(H,30,31)/b16-13-. The first-order valence-corrected chi connectivity index (χ1v) is 10.0. The lowest BCUT2D eigenvalue weighted by Crippen LogP contribution is -2.27. The van der Waals surface area contributed by atoms with E-state index in [0.717, 1.165) is 21.9 Å². The minimum absolute atomic E-state index is 0.0458. The van der Waals surface area contributed by atoms with Crippen molar-refractivity contribution in [2.24, 2.45) is 0 Å². The van der Waals surface area contributed by atoms with E-state index in [9.17, 15) is 19.5 Å². The lowest BCUT2D eigenvalue weighted by atomic mass is 10.0. The van der Waals surface area contributed by atoms with E-state index in [1.165, 1.54) is 31.4 Å². The molecular weight excluding hydrogens is 408 g/mol. The Hall–Kier alpha value is -3.97. The number of methoxy groups -OCH3 is 1. The number of carboxylic acids is 1. The van der Waals surface area contributed by atoms with Gasteiger partial charge in [-0.05, 0) is 53.1 Å². The number of anilines is 1. The molecule has 3 aromatic rings. The van der Waals surface area contributed by atoms with Crippen LogP contribution in [-0.4, -0.2) is 43.2 Å². The summed E-state index contributed by atoms with van der Waals surface area (Å²) >= 11 is 0. The summed E-state index contributed by atoms with van der Waals surface area (Å²) in [6.45, 7) is 2.47. The van der Waals surface area contributed by atoms with Crippen molar-refractivity contribution in [3.63, 3.8) is 0 Å². The van der Waals surface area contributed by atoms with Gasteiger partial charge < -0.3 is 20.5 Å². The maximum Gasteiger partial charge on any atom is 0.337 e. The number of hydrogen-bond acceptors (Lipinski definition) is 4. The zero-order valence-corrected chi connectivity index (χ0v) is 17.8. The molecule has 0 aliphatic rings. The lowest BCUT2D eigenvalue weighted by molar-refractivity contribution is -0.111. The molecule has 0 aliphatic heterocycles. The van der Waals surface area contributed by atoms with Crippen LogP contribution in [-0.2, 0) is 9.53 Å². The zero-order chi connectivity index (χ0) is 23.1. The van der Waals surface area contributed by atoms with E-state index in [2.05, 4.69) is 10.6 Å². The summed E-state index contributed by atoms with van der Waals surface area (Å²) in [5.41, 5.74) is 1.77. The van der Waals surface area contributed by atoms with Crippen LogP contribution in [0.3, 0.4) is 0 Å². The third kappa shape index (κ3) is 5.59. The first kappa shape index (κ1) is 22.7. The number of fused-ring (bicyclic) bond motifs is 1. The van der Waals surface area contributed by atoms with Gasteiger partial charge in [-0.25, -0.2) is 4.79 Å². The highest BCUT2D eigenvalue weighted by molar-refractivity contribution is 6.08. The smallest absolute Gasteiger partial charge is 0.337 e. The molecular formula is C25H24N2O5. The van der Waals surface area contributed by atoms with Gasteiger partial charge in [0.1, 0.15) is 0 Å². The van der Waals surface area contributed by atoms with Crippen LogP contribution in [0.4, 0.5) is 5.69 Å². The molecule has 0 bridgehead atoms. The van der Waals surface area contributed by atoms with Gasteiger partial charge >= 0.3 is 5.97 Å². The highest BCUT2D eigenvalue weighted by Gasteiger charge is 2.15. The van der Waals surface area contributed by atoms with Crippen molar-refractivity contribution in [2.45, 2.75) is 6.92 Å². The molecule has 164 valence electrons. The number of carboxylic acid groups (broad SMARTS) is 1. The Balaban J connectivity index is 1.82. The first-order chi connectivity index (χ1) is 15.4. The van der Waals surface area contributed by atoms with Crippen LogP contribution in [0.25, 0.3) is 16.3 Å². The van der Waals surface area contributed by atoms with E-state index < -0.39 is 17.8 Å². The Morgan fingerprint density at radius 2 is 1.69 bits per heavy atom.